The maximum Gasteiger partial charge on any atom is 0.249 e. The molecule has 0 aromatic carbocycles. The zero-order chi connectivity index (χ0) is 40.1. The Morgan fingerprint density at radius 2 is 0.582 bits per heavy atom. The molecule has 4 N–H and O–H groups in total. The summed E-state index contributed by atoms with van der Waals surface area (Å²) in [4.78, 5) is 12.5. The van der Waals surface area contributed by atoms with Crippen LogP contribution in [0.2, 0.25) is 0 Å². The second-order valence-electron chi connectivity index (χ2n) is 17.7. The molecule has 0 aliphatic carbocycles. The Morgan fingerprint density at radius 1 is 0.364 bits per heavy atom. The van der Waals surface area contributed by atoms with Gasteiger partial charge in [-0.25, -0.2) is 0 Å². The normalized spacial score (nSPS) is 13.3. The summed E-state index contributed by atoms with van der Waals surface area (Å²) in [6, 6.07) is -0.706. The Hall–Kier alpha value is -0.650. The molecule has 1 amide bonds. The minimum absolute atomic E-state index is 0.308. The molecule has 1 unspecified atom stereocenters. The lowest BCUT2D eigenvalue weighted by atomic mass is 10.0. The highest BCUT2D eigenvalue weighted by molar-refractivity contribution is 5.80. The predicted molar refractivity (Wildman–Crippen MR) is 241 cm³/mol. The van der Waals surface area contributed by atoms with E-state index in [1.54, 1.807) is 0 Å². The molecule has 0 heterocycles. The van der Waals surface area contributed by atoms with Crippen LogP contribution in [0.25, 0.3) is 0 Å². The van der Waals surface area contributed by atoms with Crippen LogP contribution in [-0.2, 0) is 4.79 Å². The Morgan fingerprint density at radius 3 is 0.818 bits per heavy atom. The van der Waals surface area contributed by atoms with E-state index in [1.165, 1.54) is 231 Å². The van der Waals surface area contributed by atoms with Gasteiger partial charge in [-0.2, -0.15) is 0 Å². The van der Waals surface area contributed by atoms with E-state index in [0.717, 1.165) is 32.1 Å². The van der Waals surface area contributed by atoms with Crippen LogP contribution in [0.3, 0.4) is 0 Å². The van der Waals surface area contributed by atoms with Gasteiger partial charge in [-0.05, 0) is 12.8 Å². The monoisotopic (exact) mass is 780 g/mol. The second kappa shape index (κ2) is 46.0. The zero-order valence-electron chi connectivity index (χ0n) is 37.6. The van der Waals surface area contributed by atoms with Gasteiger partial charge in [0, 0.05) is 0 Å². The number of unbranched alkanes of at least 4 members (excludes halogenated alkanes) is 39. The SMILES string of the molecule is CCCCCCCCCCCCCCCCCCCCCCCCCCCCC(O)C(=O)N[C@@H](CO)[C@H](O)CCCCCCCCCCCCCCCCC. The Balaban J connectivity index is 3.50. The Kier molecular flexibility index (Phi) is 45.5. The molecule has 0 radical (unpaired) electrons. The molecule has 0 bridgehead atoms. The number of hydrogen-bond donors (Lipinski definition) is 4. The molecule has 0 fully saturated rings. The fourth-order valence-electron chi connectivity index (χ4n) is 8.25. The lowest BCUT2D eigenvalue weighted by Gasteiger charge is -2.23. The molecule has 330 valence electrons. The third-order valence-corrected chi connectivity index (χ3v) is 12.2. The number of nitrogens with one attached hydrogen (secondary N) is 1. The van der Waals surface area contributed by atoms with E-state index >= 15 is 0 Å². The van der Waals surface area contributed by atoms with Gasteiger partial charge in [0.1, 0.15) is 6.10 Å². The van der Waals surface area contributed by atoms with Gasteiger partial charge in [0.15, 0.2) is 0 Å². The van der Waals surface area contributed by atoms with Crippen LogP contribution in [0, 0.1) is 0 Å². The average Bonchev–Trinajstić information content (AvgIpc) is 3.19. The number of amides is 1. The largest absolute Gasteiger partial charge is 0.394 e. The number of carbonyl (C=O) groups excluding carboxylic acids is 1. The highest BCUT2D eigenvalue weighted by Gasteiger charge is 2.23. The first-order valence-electron chi connectivity index (χ1n) is 25.3. The summed E-state index contributed by atoms with van der Waals surface area (Å²) >= 11 is 0. The lowest BCUT2D eigenvalue weighted by molar-refractivity contribution is -0.131. The summed E-state index contributed by atoms with van der Waals surface area (Å²) in [6.07, 6.45) is 54.1. The van der Waals surface area contributed by atoms with E-state index in [0.29, 0.717) is 12.8 Å². The molecule has 0 aromatic rings. The molecule has 0 saturated heterocycles. The minimum Gasteiger partial charge on any atom is -0.394 e. The van der Waals surface area contributed by atoms with Crippen LogP contribution in [-0.4, -0.2) is 46.1 Å². The van der Waals surface area contributed by atoms with Crippen LogP contribution in [0.1, 0.15) is 290 Å². The van der Waals surface area contributed by atoms with Crippen molar-refractivity contribution in [2.45, 2.75) is 308 Å². The molecular weight excluding hydrogens is 679 g/mol. The lowest BCUT2D eigenvalue weighted by Crippen LogP contribution is -2.49. The van der Waals surface area contributed by atoms with Crippen LogP contribution in [0.5, 0.6) is 0 Å². The number of hydrogen-bond acceptors (Lipinski definition) is 4. The Labute approximate surface area is 345 Å². The Bertz CT molecular complexity index is 733. The molecule has 0 spiro atoms. The van der Waals surface area contributed by atoms with Gasteiger partial charge in [0.25, 0.3) is 0 Å². The van der Waals surface area contributed by atoms with Gasteiger partial charge in [-0.15, -0.1) is 0 Å². The van der Waals surface area contributed by atoms with E-state index in [4.69, 9.17) is 0 Å². The van der Waals surface area contributed by atoms with Crippen molar-refractivity contribution in [3.8, 4) is 0 Å². The molecule has 5 heteroatoms. The molecule has 55 heavy (non-hydrogen) atoms. The molecule has 0 saturated carbocycles. The first-order chi connectivity index (χ1) is 27.1. The summed E-state index contributed by atoms with van der Waals surface area (Å²) < 4.78 is 0. The van der Waals surface area contributed by atoms with Gasteiger partial charge < -0.3 is 20.6 Å². The second-order valence-corrected chi connectivity index (χ2v) is 17.7. The number of carbonyl (C=O) groups is 1. The molecule has 3 atom stereocenters. The number of rotatable bonds is 47. The number of aliphatic hydroxyl groups is 3. The highest BCUT2D eigenvalue weighted by atomic mass is 16.3. The van der Waals surface area contributed by atoms with Crippen LogP contribution >= 0.6 is 0 Å². The van der Waals surface area contributed by atoms with Crippen molar-refractivity contribution < 1.29 is 20.1 Å². The quantitative estimate of drug-likeness (QED) is 0.0463. The maximum absolute atomic E-state index is 12.5. The van der Waals surface area contributed by atoms with Crippen molar-refractivity contribution in [1.82, 2.24) is 5.32 Å². The third kappa shape index (κ3) is 41.3. The van der Waals surface area contributed by atoms with E-state index in [9.17, 15) is 20.1 Å². The molecule has 0 rings (SSSR count). The van der Waals surface area contributed by atoms with E-state index in [2.05, 4.69) is 19.2 Å². The molecule has 5 nitrogen and oxygen atoms in total. The fourth-order valence-corrected chi connectivity index (χ4v) is 8.25. The average molecular weight is 780 g/mol. The smallest absolute Gasteiger partial charge is 0.249 e. The molecule has 0 aromatic heterocycles. The van der Waals surface area contributed by atoms with Crippen LogP contribution in [0.4, 0.5) is 0 Å². The summed E-state index contributed by atoms with van der Waals surface area (Å²) in [7, 11) is 0. The van der Waals surface area contributed by atoms with Gasteiger partial charge >= 0.3 is 0 Å². The van der Waals surface area contributed by atoms with Gasteiger partial charge in [0.2, 0.25) is 5.91 Å². The van der Waals surface area contributed by atoms with Crippen molar-refractivity contribution in [3.05, 3.63) is 0 Å². The van der Waals surface area contributed by atoms with Crippen molar-refractivity contribution >= 4 is 5.91 Å². The summed E-state index contributed by atoms with van der Waals surface area (Å²) in [6.45, 7) is 4.26. The molecule has 0 aliphatic heterocycles. The van der Waals surface area contributed by atoms with Crippen molar-refractivity contribution in [2.24, 2.45) is 0 Å². The standard InChI is InChI=1S/C50H101NO4/c1-3-5-7-9-11-13-15-17-19-20-21-22-23-24-25-26-27-28-29-31-33-35-37-39-41-43-45-49(54)50(55)51-47(46-52)48(53)44-42-40-38-36-34-32-30-18-16-14-12-10-8-6-4-2/h47-49,52-54H,3-46H2,1-2H3,(H,51,55)/t47-,48+,49?/m0/s1. The summed E-state index contributed by atoms with van der Waals surface area (Å²) in [5.74, 6) is -0.464. The van der Waals surface area contributed by atoms with E-state index in [-0.39, 0.29) is 6.61 Å². The van der Waals surface area contributed by atoms with Gasteiger partial charge in [-0.1, -0.05) is 277 Å². The first kappa shape index (κ1) is 54.3. The van der Waals surface area contributed by atoms with Crippen molar-refractivity contribution in [3.63, 3.8) is 0 Å². The molecule has 0 aliphatic rings. The van der Waals surface area contributed by atoms with Crippen LogP contribution < -0.4 is 5.32 Å². The highest BCUT2D eigenvalue weighted by Crippen LogP contribution is 2.18. The van der Waals surface area contributed by atoms with Crippen LogP contribution in [0.15, 0.2) is 0 Å². The van der Waals surface area contributed by atoms with Crippen molar-refractivity contribution in [2.75, 3.05) is 6.61 Å². The summed E-state index contributed by atoms with van der Waals surface area (Å²) in [5.41, 5.74) is 0. The maximum atomic E-state index is 12.5. The first-order valence-corrected chi connectivity index (χ1v) is 25.3. The number of aliphatic hydroxyl groups excluding tert-OH is 3. The minimum atomic E-state index is -1.07. The van der Waals surface area contributed by atoms with E-state index in [1.807, 2.05) is 0 Å². The predicted octanol–water partition coefficient (Wildman–Crippen LogP) is 15.0. The fraction of sp³-hybridized carbons (Fsp3) is 0.980. The van der Waals surface area contributed by atoms with Gasteiger partial charge in [0.05, 0.1) is 18.8 Å². The summed E-state index contributed by atoms with van der Waals surface area (Å²) in [5, 5.41) is 33.4. The molecular formula is C50H101NO4. The van der Waals surface area contributed by atoms with Crippen molar-refractivity contribution in [1.29, 1.82) is 0 Å². The zero-order valence-corrected chi connectivity index (χ0v) is 37.6. The third-order valence-electron chi connectivity index (χ3n) is 12.2. The topological polar surface area (TPSA) is 89.8 Å². The van der Waals surface area contributed by atoms with Gasteiger partial charge in [-0.3, -0.25) is 4.79 Å². The van der Waals surface area contributed by atoms with E-state index < -0.39 is 24.2 Å².